The molecule has 1 aromatic carbocycles. The van der Waals surface area contributed by atoms with Crippen molar-refractivity contribution in [2.24, 2.45) is 0 Å². The van der Waals surface area contributed by atoms with Crippen LogP contribution in [0.15, 0.2) is 36.4 Å². The number of anilines is 1. The third kappa shape index (κ3) is 3.63. The van der Waals surface area contributed by atoms with Crippen LogP contribution in [-0.4, -0.2) is 61.1 Å². The highest BCUT2D eigenvalue weighted by atomic mass is 32.1. The Morgan fingerprint density at radius 1 is 1.07 bits per heavy atom. The van der Waals surface area contributed by atoms with E-state index < -0.39 is 0 Å². The molecular formula is C20H24N8S. The molecule has 8 nitrogen and oxygen atoms in total. The number of fused-ring (bicyclic) bond motifs is 1. The van der Waals surface area contributed by atoms with Gasteiger partial charge in [0.1, 0.15) is 5.69 Å². The Hall–Kier alpha value is -2.78. The lowest BCUT2D eigenvalue weighted by Crippen LogP contribution is -2.46. The zero-order valence-electron chi connectivity index (χ0n) is 16.6. The first-order valence-corrected chi connectivity index (χ1v) is 10.8. The summed E-state index contributed by atoms with van der Waals surface area (Å²) in [5.74, 6) is 1.29. The van der Waals surface area contributed by atoms with Crippen molar-refractivity contribution in [3.05, 3.63) is 47.9 Å². The monoisotopic (exact) mass is 408 g/mol. The van der Waals surface area contributed by atoms with Gasteiger partial charge in [-0.25, -0.2) is 0 Å². The van der Waals surface area contributed by atoms with Crippen molar-refractivity contribution in [1.29, 1.82) is 0 Å². The molecule has 29 heavy (non-hydrogen) atoms. The molecule has 0 atom stereocenters. The lowest BCUT2D eigenvalue weighted by molar-refractivity contribution is 0.242. The van der Waals surface area contributed by atoms with Crippen LogP contribution in [0.5, 0.6) is 0 Å². The molecule has 3 aromatic heterocycles. The summed E-state index contributed by atoms with van der Waals surface area (Å²) in [7, 11) is 0. The van der Waals surface area contributed by atoms with E-state index in [-0.39, 0.29) is 0 Å². The van der Waals surface area contributed by atoms with Gasteiger partial charge in [0.2, 0.25) is 4.96 Å². The molecule has 4 aromatic rings. The normalized spacial score (nSPS) is 15.6. The molecular weight excluding hydrogens is 384 g/mol. The van der Waals surface area contributed by atoms with Crippen LogP contribution in [0.1, 0.15) is 31.3 Å². The summed E-state index contributed by atoms with van der Waals surface area (Å²) in [6.45, 7) is 9.07. The van der Waals surface area contributed by atoms with Crippen LogP contribution >= 0.6 is 11.3 Å². The third-order valence-corrected chi connectivity index (χ3v) is 6.27. The summed E-state index contributed by atoms with van der Waals surface area (Å²) in [4.78, 5) is 5.66. The molecule has 4 heterocycles. The second kappa shape index (κ2) is 7.57. The lowest BCUT2D eigenvalue weighted by Gasteiger charge is -2.35. The van der Waals surface area contributed by atoms with Gasteiger partial charge in [0.05, 0.1) is 6.54 Å². The highest BCUT2D eigenvalue weighted by molar-refractivity contribution is 7.19. The number of para-hydroxylation sites is 1. The molecule has 0 unspecified atom stereocenters. The number of benzene rings is 1. The van der Waals surface area contributed by atoms with E-state index in [4.69, 9.17) is 5.10 Å². The van der Waals surface area contributed by atoms with Gasteiger partial charge in [0.25, 0.3) is 0 Å². The van der Waals surface area contributed by atoms with Crippen LogP contribution in [0.3, 0.4) is 0 Å². The molecule has 0 amide bonds. The topological polar surface area (TPSA) is 78.2 Å². The second-order valence-electron chi connectivity index (χ2n) is 7.68. The van der Waals surface area contributed by atoms with E-state index in [0.29, 0.717) is 5.92 Å². The van der Waals surface area contributed by atoms with E-state index in [1.165, 1.54) is 17.0 Å². The number of aromatic amines is 1. The van der Waals surface area contributed by atoms with Gasteiger partial charge >= 0.3 is 0 Å². The number of H-pyrrole nitrogens is 1. The Labute approximate surface area is 173 Å². The van der Waals surface area contributed by atoms with Crippen molar-refractivity contribution < 1.29 is 0 Å². The smallest absolute Gasteiger partial charge is 0.235 e. The first-order valence-electron chi connectivity index (χ1n) is 9.96. The standard InChI is InChI=1S/C20H24N8S/c1-14(2)16-12-17(22-21-16)19-25-28-18(23-24-20(28)29-19)13-26-8-10-27(11-9-26)15-6-4-3-5-7-15/h3-7,12,14H,8-11,13H2,1-2H3,(H,21,22). The Morgan fingerprint density at radius 2 is 1.86 bits per heavy atom. The van der Waals surface area contributed by atoms with Gasteiger partial charge in [-0.3, -0.25) is 10.00 Å². The van der Waals surface area contributed by atoms with Crippen LogP contribution in [-0.2, 0) is 6.54 Å². The summed E-state index contributed by atoms with van der Waals surface area (Å²) in [5.41, 5.74) is 3.27. The molecule has 0 radical (unpaired) electrons. The minimum absolute atomic E-state index is 0.409. The van der Waals surface area contributed by atoms with E-state index in [9.17, 15) is 0 Å². The van der Waals surface area contributed by atoms with E-state index in [1.807, 2.05) is 4.52 Å². The van der Waals surface area contributed by atoms with Crippen molar-refractivity contribution in [2.75, 3.05) is 31.1 Å². The highest BCUT2D eigenvalue weighted by Gasteiger charge is 2.21. The van der Waals surface area contributed by atoms with Gasteiger partial charge in [-0.1, -0.05) is 43.4 Å². The van der Waals surface area contributed by atoms with Gasteiger partial charge in [0.15, 0.2) is 10.8 Å². The van der Waals surface area contributed by atoms with E-state index in [0.717, 1.165) is 59.9 Å². The molecule has 1 N–H and O–H groups in total. The van der Waals surface area contributed by atoms with Crippen LogP contribution in [0.25, 0.3) is 15.7 Å². The van der Waals surface area contributed by atoms with E-state index in [2.05, 4.69) is 80.4 Å². The first kappa shape index (κ1) is 18.3. The average Bonchev–Trinajstić information content (AvgIpc) is 3.46. The predicted octanol–water partition coefficient (Wildman–Crippen LogP) is 3.02. The van der Waals surface area contributed by atoms with Crippen LogP contribution < -0.4 is 4.90 Å². The fourth-order valence-electron chi connectivity index (χ4n) is 3.60. The molecule has 0 aliphatic carbocycles. The van der Waals surface area contributed by atoms with Gasteiger partial charge in [0, 0.05) is 37.6 Å². The maximum atomic E-state index is 4.73. The van der Waals surface area contributed by atoms with Gasteiger partial charge < -0.3 is 4.90 Å². The predicted molar refractivity (Wildman–Crippen MR) is 114 cm³/mol. The fraction of sp³-hybridized carbons (Fsp3) is 0.400. The molecule has 0 spiro atoms. The van der Waals surface area contributed by atoms with Crippen molar-refractivity contribution in [2.45, 2.75) is 26.3 Å². The number of aromatic nitrogens is 6. The quantitative estimate of drug-likeness (QED) is 0.547. The fourth-order valence-corrected chi connectivity index (χ4v) is 4.42. The van der Waals surface area contributed by atoms with Crippen LogP contribution in [0, 0.1) is 0 Å². The molecule has 1 aliphatic heterocycles. The Kier molecular flexibility index (Phi) is 4.76. The maximum Gasteiger partial charge on any atom is 0.235 e. The molecule has 9 heteroatoms. The number of nitrogens with zero attached hydrogens (tertiary/aromatic N) is 7. The third-order valence-electron chi connectivity index (χ3n) is 5.35. The van der Waals surface area contributed by atoms with Crippen LogP contribution in [0.4, 0.5) is 5.69 Å². The average molecular weight is 409 g/mol. The summed E-state index contributed by atoms with van der Waals surface area (Å²) < 4.78 is 1.87. The zero-order valence-corrected chi connectivity index (χ0v) is 17.4. The summed E-state index contributed by atoms with van der Waals surface area (Å²) in [5, 5.41) is 21.8. The first-order chi connectivity index (χ1) is 14.2. The van der Waals surface area contributed by atoms with Gasteiger partial charge in [-0.05, 0) is 24.1 Å². The van der Waals surface area contributed by atoms with Gasteiger partial charge in [-0.2, -0.15) is 14.7 Å². The van der Waals surface area contributed by atoms with Crippen LogP contribution in [0.2, 0.25) is 0 Å². The number of hydrogen-bond donors (Lipinski definition) is 1. The lowest BCUT2D eigenvalue weighted by atomic mass is 10.1. The SMILES string of the molecule is CC(C)c1cc(-c2nn3c(CN4CCN(c5ccccc5)CC4)nnc3s2)n[nH]1. The molecule has 5 rings (SSSR count). The minimum atomic E-state index is 0.409. The Morgan fingerprint density at radius 3 is 2.59 bits per heavy atom. The van der Waals surface area contributed by atoms with E-state index >= 15 is 0 Å². The molecule has 1 aliphatic rings. The highest BCUT2D eigenvalue weighted by Crippen LogP contribution is 2.26. The molecule has 1 saturated heterocycles. The summed E-state index contributed by atoms with van der Waals surface area (Å²) >= 11 is 1.52. The van der Waals surface area contributed by atoms with Crippen molar-refractivity contribution in [1.82, 2.24) is 34.9 Å². The van der Waals surface area contributed by atoms with Crippen molar-refractivity contribution >= 4 is 22.0 Å². The molecule has 0 bridgehead atoms. The number of piperazine rings is 1. The Balaban J connectivity index is 1.28. The number of nitrogens with one attached hydrogen (secondary N) is 1. The summed E-state index contributed by atoms with van der Waals surface area (Å²) in [6.07, 6.45) is 0. The van der Waals surface area contributed by atoms with Crippen molar-refractivity contribution in [3.63, 3.8) is 0 Å². The second-order valence-corrected chi connectivity index (χ2v) is 8.64. The minimum Gasteiger partial charge on any atom is -0.369 e. The van der Waals surface area contributed by atoms with Gasteiger partial charge in [-0.15, -0.1) is 10.2 Å². The summed E-state index contributed by atoms with van der Waals surface area (Å²) in [6, 6.07) is 12.7. The molecule has 0 saturated carbocycles. The van der Waals surface area contributed by atoms with E-state index in [1.54, 1.807) is 0 Å². The number of rotatable bonds is 5. The Bertz CT molecular complexity index is 1090. The molecule has 150 valence electrons. The number of hydrogen-bond acceptors (Lipinski definition) is 7. The maximum absolute atomic E-state index is 4.73. The largest absolute Gasteiger partial charge is 0.369 e. The molecule has 1 fully saturated rings. The zero-order chi connectivity index (χ0) is 19.8. The van der Waals surface area contributed by atoms with Crippen molar-refractivity contribution in [3.8, 4) is 10.7 Å².